The molecule has 1 aliphatic carbocycles. The number of amides is 1. The Bertz CT molecular complexity index is 381. The lowest BCUT2D eigenvalue weighted by molar-refractivity contribution is -0.116. The molecule has 0 spiro atoms. The molecule has 1 fully saturated rings. The maximum Gasteiger partial charge on any atom is 0.248 e. The number of carbonyl (C=O) groups excluding carboxylic acids is 1. The summed E-state index contributed by atoms with van der Waals surface area (Å²) >= 11 is 0. The van der Waals surface area contributed by atoms with Gasteiger partial charge >= 0.3 is 0 Å². The van der Waals surface area contributed by atoms with Gasteiger partial charge in [0, 0.05) is 12.3 Å². The molecule has 0 atom stereocenters. The third-order valence-electron chi connectivity index (χ3n) is 2.82. The average molecular weight is 220 g/mol. The molecule has 16 heavy (non-hydrogen) atoms. The number of aromatic nitrogens is 3. The third-order valence-corrected chi connectivity index (χ3v) is 2.82. The molecule has 5 nitrogen and oxygen atoms in total. The Morgan fingerprint density at radius 1 is 1.62 bits per heavy atom. The predicted molar refractivity (Wildman–Crippen MR) is 61.0 cm³/mol. The number of nitrogens with one attached hydrogen (secondary N) is 2. The van der Waals surface area contributed by atoms with Crippen LogP contribution in [0.1, 0.15) is 43.8 Å². The predicted octanol–water partition coefficient (Wildman–Crippen LogP) is 1.98. The van der Waals surface area contributed by atoms with Crippen molar-refractivity contribution in [3.05, 3.63) is 18.5 Å². The minimum absolute atomic E-state index is 0.0703. The number of anilines is 1. The van der Waals surface area contributed by atoms with Crippen LogP contribution in [0.3, 0.4) is 0 Å². The van der Waals surface area contributed by atoms with Crippen LogP contribution < -0.4 is 5.32 Å². The van der Waals surface area contributed by atoms with Gasteiger partial charge in [-0.2, -0.15) is 4.98 Å². The summed E-state index contributed by atoms with van der Waals surface area (Å²) in [5.41, 5.74) is 0. The van der Waals surface area contributed by atoms with E-state index in [0.717, 1.165) is 5.82 Å². The molecule has 0 saturated heterocycles. The monoisotopic (exact) mass is 220 g/mol. The molecular formula is C11H16N4O. The zero-order valence-corrected chi connectivity index (χ0v) is 9.20. The first-order valence-electron chi connectivity index (χ1n) is 5.62. The van der Waals surface area contributed by atoms with E-state index in [-0.39, 0.29) is 5.91 Å². The van der Waals surface area contributed by atoms with E-state index in [0.29, 0.717) is 24.7 Å². The molecule has 0 bridgehead atoms. The van der Waals surface area contributed by atoms with Crippen molar-refractivity contribution >= 4 is 11.9 Å². The summed E-state index contributed by atoms with van der Waals surface area (Å²) in [6.45, 7) is 3.57. The number of hydrogen-bond acceptors (Lipinski definition) is 3. The summed E-state index contributed by atoms with van der Waals surface area (Å²) in [5, 5.41) is 9.51. The molecule has 1 saturated carbocycles. The first-order valence-corrected chi connectivity index (χ1v) is 5.62. The highest BCUT2D eigenvalue weighted by atomic mass is 16.1. The van der Waals surface area contributed by atoms with E-state index in [9.17, 15) is 4.79 Å². The fourth-order valence-corrected chi connectivity index (χ4v) is 1.61. The standard InChI is InChI=1S/C11H16N4O/c1-2-3-7-9(16)12-11-13-10(14-15-11)8-5-4-6-8/h2,8H,1,3-7H2,(H2,12,13,14,15,16). The molecule has 1 heterocycles. The number of hydrogen-bond donors (Lipinski definition) is 2. The zero-order valence-electron chi connectivity index (χ0n) is 9.20. The molecule has 0 unspecified atom stereocenters. The van der Waals surface area contributed by atoms with E-state index < -0.39 is 0 Å². The van der Waals surface area contributed by atoms with Gasteiger partial charge in [0.2, 0.25) is 11.9 Å². The van der Waals surface area contributed by atoms with Crippen molar-refractivity contribution in [2.45, 2.75) is 38.0 Å². The van der Waals surface area contributed by atoms with Crippen molar-refractivity contribution in [3.63, 3.8) is 0 Å². The number of aromatic amines is 1. The molecule has 5 heteroatoms. The lowest BCUT2D eigenvalue weighted by atomic mass is 9.85. The molecule has 2 rings (SSSR count). The van der Waals surface area contributed by atoms with Gasteiger partial charge in [-0.05, 0) is 19.3 Å². The van der Waals surface area contributed by atoms with Gasteiger partial charge in [0.05, 0.1) is 0 Å². The molecule has 0 radical (unpaired) electrons. The van der Waals surface area contributed by atoms with Gasteiger partial charge < -0.3 is 0 Å². The van der Waals surface area contributed by atoms with Gasteiger partial charge in [-0.25, -0.2) is 0 Å². The second-order valence-corrected chi connectivity index (χ2v) is 4.05. The fraction of sp³-hybridized carbons (Fsp3) is 0.545. The van der Waals surface area contributed by atoms with E-state index in [4.69, 9.17) is 0 Å². The van der Waals surface area contributed by atoms with E-state index in [1.54, 1.807) is 6.08 Å². The Labute approximate surface area is 94.3 Å². The molecule has 0 aliphatic heterocycles. The van der Waals surface area contributed by atoms with Crippen LogP contribution in [0.2, 0.25) is 0 Å². The van der Waals surface area contributed by atoms with E-state index in [1.165, 1.54) is 19.3 Å². The highest BCUT2D eigenvalue weighted by Crippen LogP contribution is 2.34. The summed E-state index contributed by atoms with van der Waals surface area (Å²) in [6, 6.07) is 0. The zero-order chi connectivity index (χ0) is 11.4. The van der Waals surface area contributed by atoms with Crippen LogP contribution in [0.5, 0.6) is 0 Å². The maximum atomic E-state index is 11.4. The van der Waals surface area contributed by atoms with Crippen molar-refractivity contribution in [1.82, 2.24) is 15.2 Å². The Morgan fingerprint density at radius 3 is 3.06 bits per heavy atom. The lowest BCUT2D eigenvalue weighted by Gasteiger charge is -2.22. The fourth-order valence-electron chi connectivity index (χ4n) is 1.61. The average Bonchev–Trinajstić information content (AvgIpc) is 2.60. The van der Waals surface area contributed by atoms with Gasteiger partial charge in [0.25, 0.3) is 0 Å². The van der Waals surface area contributed by atoms with Crippen LogP contribution in [0.15, 0.2) is 12.7 Å². The Morgan fingerprint density at radius 2 is 2.44 bits per heavy atom. The molecule has 2 N–H and O–H groups in total. The highest BCUT2D eigenvalue weighted by Gasteiger charge is 2.23. The van der Waals surface area contributed by atoms with Crippen molar-refractivity contribution in [3.8, 4) is 0 Å². The summed E-state index contributed by atoms with van der Waals surface area (Å²) in [4.78, 5) is 15.6. The quantitative estimate of drug-likeness (QED) is 0.745. The normalized spacial score (nSPS) is 15.5. The second kappa shape index (κ2) is 4.92. The van der Waals surface area contributed by atoms with Crippen molar-refractivity contribution < 1.29 is 4.79 Å². The number of carbonyl (C=O) groups is 1. The Kier molecular flexibility index (Phi) is 3.34. The molecular weight excluding hydrogens is 204 g/mol. The van der Waals surface area contributed by atoms with E-state index in [1.807, 2.05) is 0 Å². The van der Waals surface area contributed by atoms with E-state index >= 15 is 0 Å². The minimum Gasteiger partial charge on any atom is -0.293 e. The molecule has 86 valence electrons. The van der Waals surface area contributed by atoms with Crippen LogP contribution in [0.25, 0.3) is 0 Å². The van der Waals surface area contributed by atoms with Crippen molar-refractivity contribution in [2.24, 2.45) is 0 Å². The number of nitrogens with zero attached hydrogens (tertiary/aromatic N) is 2. The van der Waals surface area contributed by atoms with Gasteiger partial charge in [-0.3, -0.25) is 15.2 Å². The number of H-pyrrole nitrogens is 1. The van der Waals surface area contributed by atoms with Crippen molar-refractivity contribution in [2.75, 3.05) is 5.32 Å². The molecule has 1 aromatic heterocycles. The van der Waals surface area contributed by atoms with Gasteiger partial charge in [-0.1, -0.05) is 12.5 Å². The molecule has 1 aromatic rings. The topological polar surface area (TPSA) is 70.7 Å². The second-order valence-electron chi connectivity index (χ2n) is 4.05. The molecule has 0 aromatic carbocycles. The summed E-state index contributed by atoms with van der Waals surface area (Å²) in [6.07, 6.45) is 6.41. The molecule has 1 amide bonds. The van der Waals surface area contributed by atoms with Gasteiger partial charge in [-0.15, -0.1) is 11.7 Å². The Hall–Kier alpha value is -1.65. The van der Waals surface area contributed by atoms with Crippen LogP contribution in [-0.4, -0.2) is 21.1 Å². The molecule has 1 aliphatic rings. The first-order chi connectivity index (χ1) is 7.79. The maximum absolute atomic E-state index is 11.4. The lowest BCUT2D eigenvalue weighted by Crippen LogP contribution is -2.13. The van der Waals surface area contributed by atoms with Crippen LogP contribution in [0, 0.1) is 0 Å². The first kappa shape index (κ1) is 10.9. The van der Waals surface area contributed by atoms with Gasteiger partial charge in [0.15, 0.2) is 0 Å². The summed E-state index contributed by atoms with van der Waals surface area (Å²) < 4.78 is 0. The van der Waals surface area contributed by atoms with Crippen LogP contribution >= 0.6 is 0 Å². The Balaban J connectivity index is 1.86. The SMILES string of the molecule is C=CCCC(=O)Nc1n[nH]c(C2CCC2)n1. The smallest absolute Gasteiger partial charge is 0.248 e. The largest absolute Gasteiger partial charge is 0.293 e. The van der Waals surface area contributed by atoms with E-state index in [2.05, 4.69) is 27.1 Å². The number of rotatable bonds is 5. The van der Waals surface area contributed by atoms with Gasteiger partial charge in [0.1, 0.15) is 5.82 Å². The summed E-state index contributed by atoms with van der Waals surface area (Å²) in [7, 11) is 0. The summed E-state index contributed by atoms with van der Waals surface area (Å²) in [5.74, 6) is 1.71. The number of allylic oxidation sites excluding steroid dienone is 1. The third kappa shape index (κ3) is 2.48. The van der Waals surface area contributed by atoms with Crippen molar-refractivity contribution in [1.29, 1.82) is 0 Å². The highest BCUT2D eigenvalue weighted by molar-refractivity contribution is 5.88. The van der Waals surface area contributed by atoms with Crippen LogP contribution in [-0.2, 0) is 4.79 Å². The van der Waals surface area contributed by atoms with Crippen LogP contribution in [0.4, 0.5) is 5.95 Å². The minimum atomic E-state index is -0.0703.